The summed E-state index contributed by atoms with van der Waals surface area (Å²) in [6.07, 6.45) is -2.08. The maximum absolute atomic E-state index is 12.9. The first-order chi connectivity index (χ1) is 15.0. The van der Waals surface area contributed by atoms with Gasteiger partial charge in [0.1, 0.15) is 6.54 Å². The van der Waals surface area contributed by atoms with Crippen LogP contribution in [-0.4, -0.2) is 47.2 Å². The van der Waals surface area contributed by atoms with Gasteiger partial charge in [0.25, 0.3) is 0 Å². The number of sulfonamides is 1. The fourth-order valence-corrected chi connectivity index (χ4v) is 4.56. The SMILES string of the molecule is CS(=O)(=O)N1CCCc2cc(C(=O)Cn3nnc(-c4cccc(C(F)(F)F)c4)n3)ccc21. The Morgan fingerprint density at radius 2 is 1.94 bits per heavy atom. The number of Topliss-reactive ketones (excluding diaryl/α,β-unsaturated/α-hetero) is 1. The molecule has 2 heterocycles. The first-order valence-electron chi connectivity index (χ1n) is 9.62. The van der Waals surface area contributed by atoms with Crippen molar-refractivity contribution in [2.45, 2.75) is 25.6 Å². The zero-order valence-electron chi connectivity index (χ0n) is 16.9. The van der Waals surface area contributed by atoms with E-state index in [0.29, 0.717) is 30.6 Å². The third-order valence-electron chi connectivity index (χ3n) is 5.06. The summed E-state index contributed by atoms with van der Waals surface area (Å²) in [5, 5.41) is 11.5. The molecule has 1 aromatic heterocycles. The van der Waals surface area contributed by atoms with E-state index >= 15 is 0 Å². The van der Waals surface area contributed by atoms with Gasteiger partial charge in [-0.1, -0.05) is 12.1 Å². The lowest BCUT2D eigenvalue weighted by atomic mass is 9.99. The van der Waals surface area contributed by atoms with Crippen molar-refractivity contribution in [3.63, 3.8) is 0 Å². The van der Waals surface area contributed by atoms with Crippen molar-refractivity contribution < 1.29 is 26.4 Å². The second-order valence-corrected chi connectivity index (χ2v) is 9.33. The number of aryl methyl sites for hydroxylation is 1. The standard InChI is InChI=1S/C20H18F3N5O3S/c1-32(30,31)27-9-3-5-13-10-14(7-8-17(13)27)18(29)12-28-25-19(24-26-28)15-4-2-6-16(11-15)20(21,22)23/h2,4,6-8,10-11H,3,5,9,12H2,1H3. The summed E-state index contributed by atoms with van der Waals surface area (Å²) < 4.78 is 64.0. The quantitative estimate of drug-likeness (QED) is 0.538. The summed E-state index contributed by atoms with van der Waals surface area (Å²) in [6.45, 7) is 0.126. The molecule has 4 rings (SSSR count). The summed E-state index contributed by atoms with van der Waals surface area (Å²) in [4.78, 5) is 13.7. The lowest BCUT2D eigenvalue weighted by molar-refractivity contribution is -0.137. The Morgan fingerprint density at radius 3 is 2.66 bits per heavy atom. The molecule has 0 fully saturated rings. The van der Waals surface area contributed by atoms with E-state index < -0.39 is 21.8 Å². The van der Waals surface area contributed by atoms with E-state index in [2.05, 4.69) is 15.4 Å². The fraction of sp³-hybridized carbons (Fsp3) is 0.300. The number of alkyl halides is 3. The highest BCUT2D eigenvalue weighted by molar-refractivity contribution is 7.92. The van der Waals surface area contributed by atoms with Crippen LogP contribution in [0.15, 0.2) is 42.5 Å². The number of hydrogen-bond acceptors (Lipinski definition) is 6. The van der Waals surface area contributed by atoms with E-state index in [1.165, 1.54) is 22.5 Å². The van der Waals surface area contributed by atoms with Gasteiger partial charge in [-0.3, -0.25) is 9.10 Å². The minimum atomic E-state index is -4.50. The van der Waals surface area contributed by atoms with Gasteiger partial charge < -0.3 is 0 Å². The normalized spacial score (nSPS) is 14.3. The summed E-state index contributed by atoms with van der Waals surface area (Å²) in [5.41, 5.74) is 0.967. The third-order valence-corrected chi connectivity index (χ3v) is 6.24. The van der Waals surface area contributed by atoms with Gasteiger partial charge >= 0.3 is 6.18 Å². The lowest BCUT2D eigenvalue weighted by Crippen LogP contribution is -2.34. The summed E-state index contributed by atoms with van der Waals surface area (Å²) in [5.74, 6) is -0.365. The van der Waals surface area contributed by atoms with E-state index in [1.54, 1.807) is 12.1 Å². The molecule has 168 valence electrons. The summed E-state index contributed by atoms with van der Waals surface area (Å²) >= 11 is 0. The maximum Gasteiger partial charge on any atom is 0.416 e. The topological polar surface area (TPSA) is 98.1 Å². The monoisotopic (exact) mass is 465 g/mol. The van der Waals surface area contributed by atoms with E-state index in [0.717, 1.165) is 28.7 Å². The highest BCUT2D eigenvalue weighted by Gasteiger charge is 2.31. The molecule has 1 aliphatic rings. The largest absolute Gasteiger partial charge is 0.416 e. The van der Waals surface area contributed by atoms with Crippen molar-refractivity contribution in [3.05, 3.63) is 59.2 Å². The molecule has 12 heteroatoms. The molecule has 0 N–H and O–H groups in total. The number of anilines is 1. The number of halogens is 3. The molecule has 0 amide bonds. The van der Waals surface area contributed by atoms with Crippen LogP contribution >= 0.6 is 0 Å². The van der Waals surface area contributed by atoms with Crippen LogP contribution in [0.4, 0.5) is 18.9 Å². The van der Waals surface area contributed by atoms with Crippen molar-refractivity contribution >= 4 is 21.5 Å². The van der Waals surface area contributed by atoms with Crippen LogP contribution < -0.4 is 4.31 Å². The average Bonchev–Trinajstić information content (AvgIpc) is 3.20. The number of nitrogens with zero attached hydrogens (tertiary/aromatic N) is 5. The second kappa shape index (κ2) is 8.01. The molecule has 0 radical (unpaired) electrons. The van der Waals surface area contributed by atoms with Gasteiger partial charge in [0, 0.05) is 17.7 Å². The molecule has 0 bridgehead atoms. The van der Waals surface area contributed by atoms with E-state index in [-0.39, 0.29) is 23.7 Å². The molecular formula is C20H18F3N5O3S. The van der Waals surface area contributed by atoms with Crippen LogP contribution in [0, 0.1) is 0 Å². The first kappa shape index (κ1) is 21.9. The molecule has 0 unspecified atom stereocenters. The van der Waals surface area contributed by atoms with Crippen molar-refractivity contribution in [2.24, 2.45) is 0 Å². The molecule has 0 saturated heterocycles. The molecular weight excluding hydrogens is 447 g/mol. The predicted octanol–water partition coefficient (Wildman–Crippen LogP) is 2.95. The minimum absolute atomic E-state index is 0.0295. The Morgan fingerprint density at radius 1 is 1.16 bits per heavy atom. The van der Waals surface area contributed by atoms with Crippen LogP contribution in [0.1, 0.15) is 27.9 Å². The molecule has 2 aromatic carbocycles. The van der Waals surface area contributed by atoms with Crippen molar-refractivity contribution in [3.8, 4) is 11.4 Å². The maximum atomic E-state index is 12.9. The van der Waals surface area contributed by atoms with Crippen molar-refractivity contribution in [1.82, 2.24) is 20.2 Å². The van der Waals surface area contributed by atoms with Gasteiger partial charge in [0.15, 0.2) is 5.78 Å². The molecule has 0 aliphatic carbocycles. The smallest absolute Gasteiger partial charge is 0.292 e. The zero-order valence-corrected chi connectivity index (χ0v) is 17.7. The van der Waals surface area contributed by atoms with E-state index in [1.807, 2.05) is 0 Å². The molecule has 3 aromatic rings. The average molecular weight is 465 g/mol. The predicted molar refractivity (Wildman–Crippen MR) is 110 cm³/mol. The van der Waals surface area contributed by atoms with Crippen LogP contribution in [0.3, 0.4) is 0 Å². The number of carbonyl (C=O) groups excluding carboxylic acids is 1. The molecule has 0 atom stereocenters. The second-order valence-electron chi connectivity index (χ2n) is 7.43. The Hall–Kier alpha value is -3.28. The number of carbonyl (C=O) groups is 1. The molecule has 32 heavy (non-hydrogen) atoms. The number of rotatable bonds is 5. The van der Waals surface area contributed by atoms with Gasteiger partial charge in [-0.15, -0.1) is 10.2 Å². The highest BCUT2D eigenvalue weighted by atomic mass is 32.2. The van der Waals surface area contributed by atoms with Gasteiger partial charge in [-0.2, -0.15) is 18.0 Å². The van der Waals surface area contributed by atoms with Crippen LogP contribution in [0.25, 0.3) is 11.4 Å². The first-order valence-corrected chi connectivity index (χ1v) is 11.5. The van der Waals surface area contributed by atoms with E-state index in [4.69, 9.17) is 0 Å². The zero-order chi connectivity index (χ0) is 23.1. The van der Waals surface area contributed by atoms with Crippen LogP contribution in [0.5, 0.6) is 0 Å². The van der Waals surface area contributed by atoms with Gasteiger partial charge in [0.2, 0.25) is 15.8 Å². The van der Waals surface area contributed by atoms with Crippen molar-refractivity contribution in [2.75, 3.05) is 17.1 Å². The lowest BCUT2D eigenvalue weighted by Gasteiger charge is -2.29. The number of ketones is 1. The number of hydrogen-bond donors (Lipinski definition) is 0. The molecule has 0 spiro atoms. The van der Waals surface area contributed by atoms with Gasteiger partial charge in [0.05, 0.1) is 17.5 Å². The Kier molecular flexibility index (Phi) is 5.49. The number of benzene rings is 2. The Bertz CT molecular complexity index is 1290. The fourth-order valence-electron chi connectivity index (χ4n) is 3.56. The number of fused-ring (bicyclic) bond motifs is 1. The van der Waals surface area contributed by atoms with Gasteiger partial charge in [-0.25, -0.2) is 8.42 Å². The summed E-state index contributed by atoms with van der Waals surface area (Å²) in [7, 11) is -3.41. The molecule has 1 aliphatic heterocycles. The molecule has 0 saturated carbocycles. The number of tetrazole rings is 1. The number of aromatic nitrogens is 4. The van der Waals surface area contributed by atoms with Crippen LogP contribution in [0.2, 0.25) is 0 Å². The highest BCUT2D eigenvalue weighted by Crippen LogP contribution is 2.32. The van der Waals surface area contributed by atoms with Gasteiger partial charge in [-0.05, 0) is 54.0 Å². The third kappa shape index (κ3) is 4.49. The Labute approximate surface area is 181 Å². The van der Waals surface area contributed by atoms with Crippen LogP contribution in [-0.2, 0) is 29.2 Å². The summed E-state index contributed by atoms with van der Waals surface area (Å²) in [6, 6.07) is 9.32. The van der Waals surface area contributed by atoms with Crippen molar-refractivity contribution in [1.29, 1.82) is 0 Å². The molecule has 8 nitrogen and oxygen atoms in total. The van der Waals surface area contributed by atoms with E-state index in [9.17, 15) is 26.4 Å². The Balaban J connectivity index is 1.53. The minimum Gasteiger partial charge on any atom is -0.292 e.